The summed E-state index contributed by atoms with van der Waals surface area (Å²) < 4.78 is 0. The first-order valence-electron chi connectivity index (χ1n) is 22.8. The Morgan fingerprint density at radius 2 is 0.778 bits per heavy atom. The molecule has 1 aliphatic rings. The Morgan fingerprint density at radius 1 is 0.349 bits per heavy atom. The molecule has 0 heterocycles. The second-order valence-corrected chi connectivity index (χ2v) is 14.6. The van der Waals surface area contributed by atoms with E-state index in [4.69, 9.17) is 0 Å². The first kappa shape index (κ1) is 45.5. The van der Waals surface area contributed by atoms with E-state index in [0.717, 1.165) is 27.8 Å². The van der Waals surface area contributed by atoms with E-state index in [0.29, 0.717) is 0 Å². The average molecular weight is 819 g/mol. The van der Waals surface area contributed by atoms with Crippen LogP contribution in [0.25, 0.3) is 125 Å². The predicted molar refractivity (Wildman–Crippen MR) is 286 cm³/mol. The smallest absolute Gasteiger partial charge is 0.000730 e. The fourth-order valence-corrected chi connectivity index (χ4v) is 9.51. The number of fused-ring (bicyclic) bond motifs is 4. The molecule has 0 spiro atoms. The van der Waals surface area contributed by atoms with E-state index in [2.05, 4.69) is 198 Å². The molecule has 0 unspecified atom stereocenters. The molecule has 8 aromatic rings. The van der Waals surface area contributed by atoms with Crippen LogP contribution in [0.3, 0.4) is 0 Å². The zero-order valence-electron chi connectivity index (χ0n) is 38.9. The topological polar surface area (TPSA) is 0 Å². The predicted octanol–water partition coefficient (Wildman–Crippen LogP) is 17.9. The molecule has 8 aromatic carbocycles. The molecule has 0 atom stereocenters. The van der Waals surface area contributed by atoms with Gasteiger partial charge in [-0.25, -0.2) is 0 Å². The Labute approximate surface area is 377 Å². The second kappa shape index (κ2) is 20.7. The Hall–Kier alpha value is -7.02. The van der Waals surface area contributed by atoms with Crippen molar-refractivity contribution in [2.75, 3.05) is 0 Å². The summed E-state index contributed by atoms with van der Waals surface area (Å²) in [7, 11) is 0. The monoisotopic (exact) mass is 818 g/mol. The molecule has 1 aliphatic carbocycles. The molecule has 0 fully saturated rings. The molecule has 0 N–H and O–H groups in total. The lowest BCUT2D eigenvalue weighted by Crippen LogP contribution is -2.30. The minimum absolute atomic E-state index is 1.07. The van der Waals surface area contributed by atoms with Crippen LogP contribution in [-0.2, 0) is 0 Å². The Bertz CT molecular complexity index is 3130. The molecule has 0 aromatic heterocycles. The van der Waals surface area contributed by atoms with Crippen LogP contribution in [0.2, 0.25) is 0 Å². The summed E-state index contributed by atoms with van der Waals surface area (Å²) >= 11 is 0. The van der Waals surface area contributed by atoms with Gasteiger partial charge < -0.3 is 0 Å². The van der Waals surface area contributed by atoms with E-state index in [1.54, 1.807) is 0 Å². The third kappa shape index (κ3) is 7.76. The van der Waals surface area contributed by atoms with E-state index < -0.39 is 0 Å². The summed E-state index contributed by atoms with van der Waals surface area (Å²) in [5.74, 6) is 0. The van der Waals surface area contributed by atoms with Crippen molar-refractivity contribution >= 4 is 58.0 Å². The van der Waals surface area contributed by atoms with Crippen LogP contribution in [0.15, 0.2) is 159 Å². The van der Waals surface area contributed by atoms with Crippen molar-refractivity contribution in [1.82, 2.24) is 0 Å². The maximum absolute atomic E-state index is 4.36. The second-order valence-electron chi connectivity index (χ2n) is 14.6. The van der Waals surface area contributed by atoms with Gasteiger partial charge in [0.05, 0.1) is 0 Å². The van der Waals surface area contributed by atoms with Crippen LogP contribution in [-0.4, -0.2) is 0 Å². The summed E-state index contributed by atoms with van der Waals surface area (Å²) in [5.41, 5.74) is 19.1. The van der Waals surface area contributed by atoms with E-state index in [-0.39, 0.29) is 0 Å². The zero-order valence-corrected chi connectivity index (χ0v) is 38.9. The maximum Gasteiger partial charge on any atom is -0.000730 e. The van der Waals surface area contributed by atoms with Gasteiger partial charge in [-0.3, -0.25) is 0 Å². The van der Waals surface area contributed by atoms with Gasteiger partial charge in [-0.15, -0.1) is 0 Å². The molecule has 0 saturated heterocycles. The zero-order chi connectivity index (χ0) is 45.2. The molecular weight excluding hydrogens is 757 g/mol. The lowest BCUT2D eigenvalue weighted by Gasteiger charge is -2.22. The highest BCUT2D eigenvalue weighted by atomic mass is 14.3. The van der Waals surface area contributed by atoms with Gasteiger partial charge >= 0.3 is 0 Å². The van der Waals surface area contributed by atoms with Crippen LogP contribution in [0.5, 0.6) is 0 Å². The van der Waals surface area contributed by atoms with E-state index in [1.807, 2.05) is 59.8 Å². The lowest BCUT2D eigenvalue weighted by molar-refractivity contribution is 1.45. The summed E-state index contributed by atoms with van der Waals surface area (Å²) in [4.78, 5) is 0. The summed E-state index contributed by atoms with van der Waals surface area (Å²) in [6, 6.07) is 49.0. The fourth-order valence-electron chi connectivity index (χ4n) is 9.51. The Kier molecular flexibility index (Phi) is 14.9. The summed E-state index contributed by atoms with van der Waals surface area (Å²) in [6.45, 7) is 31.3. The van der Waals surface area contributed by atoms with Crippen LogP contribution < -0.4 is 10.4 Å². The standard InChI is InChI=1S/C57H44.3C2H6/c1-7-21-37-25-19-29-49(40(37)10-4)55-42(12-6)41(11-5)54(48-28-18-24-36(8-2)39(48)9-3)56-51-31-20-30-50-47(34-35-52(53(50)51)57(55)56)46-33-32-43(38-22-14-13-15-23-38)44-26-16-17-27-45(44)46;3*1-2/h7-35H,2-4H2,1,5-6H3;3*1-2H3/b21-7-,41-11+,42-12+;;;. The van der Waals surface area contributed by atoms with Crippen molar-refractivity contribution in [2.45, 2.75) is 62.3 Å². The highest BCUT2D eigenvalue weighted by Crippen LogP contribution is 2.55. The van der Waals surface area contributed by atoms with E-state index in [9.17, 15) is 0 Å². The lowest BCUT2D eigenvalue weighted by atomic mass is 9.81. The molecule has 9 rings (SSSR count). The van der Waals surface area contributed by atoms with Crippen molar-refractivity contribution in [2.24, 2.45) is 0 Å². The first-order valence-corrected chi connectivity index (χ1v) is 22.8. The van der Waals surface area contributed by atoms with Gasteiger partial charge in [-0.1, -0.05) is 237 Å². The number of hydrogen-bond acceptors (Lipinski definition) is 0. The van der Waals surface area contributed by atoms with Crippen LogP contribution in [0.4, 0.5) is 0 Å². The third-order valence-electron chi connectivity index (χ3n) is 11.8. The number of allylic oxidation sites excluding steroid dienone is 1. The van der Waals surface area contributed by atoms with Crippen molar-refractivity contribution in [3.63, 3.8) is 0 Å². The van der Waals surface area contributed by atoms with Gasteiger partial charge in [-0.2, -0.15) is 0 Å². The summed E-state index contributed by atoms with van der Waals surface area (Å²) in [5, 5.41) is 7.43. The largest absolute Gasteiger partial charge is 0.0984 e. The summed E-state index contributed by atoms with van der Waals surface area (Å²) in [6.07, 6.45) is 14.8. The van der Waals surface area contributed by atoms with E-state index >= 15 is 0 Å². The van der Waals surface area contributed by atoms with Crippen molar-refractivity contribution in [1.29, 1.82) is 0 Å². The van der Waals surface area contributed by atoms with Crippen molar-refractivity contribution in [3.05, 3.63) is 192 Å². The van der Waals surface area contributed by atoms with Crippen LogP contribution in [0.1, 0.15) is 84.6 Å². The van der Waals surface area contributed by atoms with Gasteiger partial charge in [0.25, 0.3) is 0 Å². The Balaban J connectivity index is 0.00000106. The average Bonchev–Trinajstić information content (AvgIpc) is 3.69. The normalized spacial score (nSPS) is 11.6. The molecule has 0 nitrogen and oxygen atoms in total. The van der Waals surface area contributed by atoms with Gasteiger partial charge in [0.1, 0.15) is 0 Å². The Morgan fingerprint density at radius 3 is 1.32 bits per heavy atom. The SMILES string of the molecule is C=Cc1cccc(-c2c3c(c(-c4cccc(/C=C\C)c4C=C)c(=C/C)/c2=C\C)-c2ccc(-c4ccc(-c5ccccc5)c5ccccc45)c4cccc-3c24)c1C=C.CC.CC.CC. The minimum atomic E-state index is 1.07. The first-order chi connectivity index (χ1) is 31.1. The maximum atomic E-state index is 4.36. The minimum Gasteiger partial charge on any atom is -0.0984 e. The number of benzene rings is 8. The molecule has 0 bridgehead atoms. The number of hydrogen-bond donors (Lipinski definition) is 0. The van der Waals surface area contributed by atoms with Gasteiger partial charge in [0.2, 0.25) is 0 Å². The molecule has 314 valence electrons. The molecular formula is C63H62. The molecule has 0 heteroatoms. The quantitative estimate of drug-likeness (QED) is 0.143. The number of rotatable bonds is 8. The van der Waals surface area contributed by atoms with Crippen molar-refractivity contribution in [3.8, 4) is 66.8 Å². The molecule has 0 radical (unpaired) electrons. The van der Waals surface area contributed by atoms with Crippen LogP contribution in [0, 0.1) is 0 Å². The van der Waals surface area contributed by atoms with Gasteiger partial charge in [0.15, 0.2) is 0 Å². The fraction of sp³-hybridized carbons (Fsp3) is 0.143. The molecule has 0 saturated carbocycles. The van der Waals surface area contributed by atoms with E-state index in [1.165, 1.54) is 93.2 Å². The van der Waals surface area contributed by atoms with Crippen molar-refractivity contribution < 1.29 is 0 Å². The van der Waals surface area contributed by atoms with Gasteiger partial charge in [-0.05, 0) is 142 Å². The molecule has 0 amide bonds. The highest BCUT2D eigenvalue weighted by Gasteiger charge is 2.32. The van der Waals surface area contributed by atoms with Gasteiger partial charge in [0, 0.05) is 0 Å². The highest BCUT2D eigenvalue weighted by molar-refractivity contribution is 6.25. The molecule has 63 heavy (non-hydrogen) atoms. The third-order valence-corrected chi connectivity index (χ3v) is 11.8. The molecule has 0 aliphatic heterocycles. The van der Waals surface area contributed by atoms with Crippen LogP contribution >= 0.6 is 0 Å².